The van der Waals surface area contributed by atoms with Gasteiger partial charge in [0.2, 0.25) is 0 Å². The first-order valence-electron chi connectivity index (χ1n) is 4.21. The van der Waals surface area contributed by atoms with Crippen LogP contribution in [0.3, 0.4) is 0 Å². The summed E-state index contributed by atoms with van der Waals surface area (Å²) in [6.07, 6.45) is -1.55. The fourth-order valence-corrected chi connectivity index (χ4v) is 1.15. The fourth-order valence-electron chi connectivity index (χ4n) is 1.15. The van der Waals surface area contributed by atoms with Crippen molar-refractivity contribution in [3.8, 4) is 0 Å². The van der Waals surface area contributed by atoms with Crippen LogP contribution in [0.4, 0.5) is 8.78 Å². The molecule has 0 N–H and O–H groups in total. The van der Waals surface area contributed by atoms with Gasteiger partial charge in [-0.25, -0.2) is 18.6 Å². The smallest absolute Gasteiger partial charge is 0.378 e. The van der Waals surface area contributed by atoms with Crippen LogP contribution in [0.1, 0.15) is 22.7 Å². The molecule has 0 aliphatic rings. The first kappa shape index (κ1) is 10.4. The molecule has 0 aliphatic carbocycles. The molecule has 0 aromatic carbocycles. The number of rotatable bonds is 2. The van der Waals surface area contributed by atoms with Crippen molar-refractivity contribution in [2.24, 2.45) is 0 Å². The molecule has 0 aliphatic heterocycles. The lowest BCUT2D eigenvalue weighted by Crippen LogP contribution is -2.05. The zero-order valence-electron chi connectivity index (χ0n) is 8.09. The monoisotopic (exact) mass is 228 g/mol. The molecule has 84 valence electrons. The first-order valence-corrected chi connectivity index (χ1v) is 4.21. The Balaban J connectivity index is 2.61. The third-order valence-corrected chi connectivity index (χ3v) is 1.86. The van der Waals surface area contributed by atoms with E-state index in [1.165, 1.54) is 6.20 Å². The summed E-state index contributed by atoms with van der Waals surface area (Å²) < 4.78 is 30.3. The normalized spacial score (nSPS) is 11.0. The molecule has 0 spiro atoms. The van der Waals surface area contributed by atoms with Gasteiger partial charge in [0.25, 0.3) is 18.0 Å². The van der Waals surface area contributed by atoms with Gasteiger partial charge in [-0.3, -0.25) is 0 Å². The number of carbonyl (C=O) groups is 1. The molecule has 0 bridgehead atoms. The number of carbonyl (C=O) groups excluding carboxylic acids is 1. The Labute approximate surface area is 87.9 Å². The van der Waals surface area contributed by atoms with Crippen LogP contribution in [0.5, 0.6) is 0 Å². The topological polar surface area (TPSA) is 69.4 Å². The van der Waals surface area contributed by atoms with Gasteiger partial charge < -0.3 is 4.74 Å². The van der Waals surface area contributed by atoms with E-state index in [4.69, 9.17) is 0 Å². The SMILES string of the molecule is COC(=O)c1nc2nccc(C(F)F)n2n1. The van der Waals surface area contributed by atoms with E-state index in [2.05, 4.69) is 19.8 Å². The molecule has 16 heavy (non-hydrogen) atoms. The van der Waals surface area contributed by atoms with Crippen LogP contribution < -0.4 is 0 Å². The quantitative estimate of drug-likeness (QED) is 0.712. The fraction of sp³-hybridized carbons (Fsp3) is 0.250. The predicted octanol–water partition coefficient (Wildman–Crippen LogP) is 0.849. The van der Waals surface area contributed by atoms with Crippen molar-refractivity contribution >= 4 is 11.7 Å². The van der Waals surface area contributed by atoms with E-state index >= 15 is 0 Å². The van der Waals surface area contributed by atoms with Gasteiger partial charge in [0, 0.05) is 6.20 Å². The highest BCUT2D eigenvalue weighted by Crippen LogP contribution is 2.17. The molecule has 0 radical (unpaired) electrons. The van der Waals surface area contributed by atoms with Crippen LogP contribution in [0, 0.1) is 0 Å². The molecule has 2 rings (SSSR count). The summed E-state index contributed by atoms with van der Waals surface area (Å²) in [5.74, 6) is -1.17. The molecule has 8 heteroatoms. The minimum Gasteiger partial charge on any atom is -0.463 e. The summed E-state index contributed by atoms with van der Waals surface area (Å²) in [5.41, 5.74) is -0.382. The van der Waals surface area contributed by atoms with Crippen molar-refractivity contribution in [3.05, 3.63) is 23.8 Å². The Morgan fingerprint density at radius 3 is 2.94 bits per heavy atom. The molecule has 0 atom stereocenters. The molecule has 0 fully saturated rings. The largest absolute Gasteiger partial charge is 0.463 e. The molecule has 0 unspecified atom stereocenters. The van der Waals surface area contributed by atoms with Crippen LogP contribution in [-0.4, -0.2) is 32.7 Å². The Morgan fingerprint density at radius 1 is 1.56 bits per heavy atom. The number of hydrogen-bond donors (Lipinski definition) is 0. The van der Waals surface area contributed by atoms with E-state index in [0.717, 1.165) is 17.7 Å². The van der Waals surface area contributed by atoms with Crippen LogP contribution in [0.15, 0.2) is 12.3 Å². The Morgan fingerprint density at radius 2 is 2.31 bits per heavy atom. The van der Waals surface area contributed by atoms with Gasteiger partial charge in [-0.1, -0.05) is 0 Å². The summed E-state index contributed by atoms with van der Waals surface area (Å²) in [5, 5.41) is 3.59. The summed E-state index contributed by atoms with van der Waals surface area (Å²) in [6, 6.07) is 1.10. The van der Waals surface area contributed by atoms with Gasteiger partial charge in [0.05, 0.1) is 7.11 Å². The Kier molecular flexibility index (Phi) is 2.47. The predicted molar refractivity (Wildman–Crippen MR) is 47.1 cm³/mol. The number of aromatic nitrogens is 4. The molecular weight excluding hydrogens is 222 g/mol. The summed E-state index contributed by atoms with van der Waals surface area (Å²) >= 11 is 0. The molecule has 2 aromatic rings. The van der Waals surface area contributed by atoms with E-state index in [1.807, 2.05) is 0 Å². The van der Waals surface area contributed by atoms with Crippen molar-refractivity contribution < 1.29 is 18.3 Å². The second-order valence-corrected chi connectivity index (χ2v) is 2.81. The highest BCUT2D eigenvalue weighted by atomic mass is 19.3. The van der Waals surface area contributed by atoms with E-state index < -0.39 is 12.4 Å². The van der Waals surface area contributed by atoms with Crippen molar-refractivity contribution in [1.82, 2.24) is 19.6 Å². The number of esters is 1. The van der Waals surface area contributed by atoms with Crippen molar-refractivity contribution in [1.29, 1.82) is 0 Å². The second-order valence-electron chi connectivity index (χ2n) is 2.81. The number of halogens is 2. The number of nitrogens with zero attached hydrogens (tertiary/aromatic N) is 4. The molecule has 0 saturated heterocycles. The van der Waals surface area contributed by atoms with Crippen LogP contribution in [0.2, 0.25) is 0 Å². The summed E-state index contributed by atoms with van der Waals surface area (Å²) in [7, 11) is 1.15. The third-order valence-electron chi connectivity index (χ3n) is 1.86. The lowest BCUT2D eigenvalue weighted by atomic mass is 10.4. The average Bonchev–Trinajstić information content (AvgIpc) is 2.70. The minimum atomic E-state index is -2.72. The van der Waals surface area contributed by atoms with Crippen molar-refractivity contribution in [2.75, 3.05) is 7.11 Å². The molecule has 2 aromatic heterocycles. The van der Waals surface area contributed by atoms with Gasteiger partial charge >= 0.3 is 5.97 Å². The molecule has 0 saturated carbocycles. The minimum absolute atomic E-state index is 0.0711. The molecule has 2 heterocycles. The standard InChI is InChI=1S/C8H6F2N4O2/c1-16-7(15)6-12-8-11-3-2-4(5(9)10)14(8)13-6/h2-3,5H,1H3. The van der Waals surface area contributed by atoms with Crippen LogP contribution >= 0.6 is 0 Å². The zero-order chi connectivity index (χ0) is 11.7. The average molecular weight is 228 g/mol. The lowest BCUT2D eigenvalue weighted by Gasteiger charge is -1.99. The number of ether oxygens (including phenoxy) is 1. The molecule has 0 amide bonds. The summed E-state index contributed by atoms with van der Waals surface area (Å²) in [6.45, 7) is 0. The van der Waals surface area contributed by atoms with E-state index in [-0.39, 0.29) is 17.3 Å². The van der Waals surface area contributed by atoms with Gasteiger partial charge in [0.15, 0.2) is 0 Å². The highest BCUT2D eigenvalue weighted by Gasteiger charge is 2.18. The Hall–Kier alpha value is -2.12. The maximum absolute atomic E-state index is 12.6. The Bertz CT molecular complexity index is 540. The van der Waals surface area contributed by atoms with Gasteiger partial charge in [-0.2, -0.15) is 9.50 Å². The highest BCUT2D eigenvalue weighted by molar-refractivity contribution is 5.85. The summed E-state index contributed by atoms with van der Waals surface area (Å²) in [4.78, 5) is 18.5. The molecule has 6 nitrogen and oxygen atoms in total. The lowest BCUT2D eigenvalue weighted by molar-refractivity contribution is 0.0586. The van der Waals surface area contributed by atoms with Crippen LogP contribution in [0.25, 0.3) is 5.78 Å². The van der Waals surface area contributed by atoms with Gasteiger partial charge in [-0.05, 0) is 6.07 Å². The third kappa shape index (κ3) is 1.58. The van der Waals surface area contributed by atoms with Gasteiger partial charge in [0.1, 0.15) is 5.69 Å². The first-order chi connectivity index (χ1) is 7.63. The maximum Gasteiger partial charge on any atom is 0.378 e. The number of methoxy groups -OCH3 is 1. The number of fused-ring (bicyclic) bond motifs is 1. The molecular formula is C8H6F2N4O2. The van der Waals surface area contributed by atoms with E-state index in [9.17, 15) is 13.6 Å². The van der Waals surface area contributed by atoms with Crippen molar-refractivity contribution in [3.63, 3.8) is 0 Å². The van der Waals surface area contributed by atoms with Gasteiger partial charge in [-0.15, -0.1) is 5.10 Å². The number of alkyl halides is 2. The van der Waals surface area contributed by atoms with E-state index in [0.29, 0.717) is 0 Å². The van der Waals surface area contributed by atoms with Crippen molar-refractivity contribution in [2.45, 2.75) is 6.43 Å². The van der Waals surface area contributed by atoms with Crippen LogP contribution in [-0.2, 0) is 4.74 Å². The maximum atomic E-state index is 12.6. The zero-order valence-corrected chi connectivity index (χ0v) is 8.09. The number of hydrogen-bond acceptors (Lipinski definition) is 5. The van der Waals surface area contributed by atoms with E-state index in [1.54, 1.807) is 0 Å². The second kappa shape index (κ2) is 3.80.